The first-order valence-corrected chi connectivity index (χ1v) is 16.5. The molecule has 3 aromatic carbocycles. The smallest absolute Gasteiger partial charge is 0.352 e. The Bertz CT molecular complexity index is 1520. The Morgan fingerprint density at radius 3 is 2.18 bits per heavy atom. The first-order chi connectivity index (χ1) is 20.8. The summed E-state index contributed by atoms with van der Waals surface area (Å²) >= 11 is 0. The SMILES string of the molecule is Cc1ccc(CN(C(=O)CN(c2cccc(C(F)(F)F)c2)S(C)(=O)=O)[C@H](Cc2ccccc2)C(=O)NC2CCCCC2)cc1. The van der Waals surface area contributed by atoms with E-state index in [2.05, 4.69) is 5.32 Å². The molecule has 1 saturated carbocycles. The van der Waals surface area contributed by atoms with E-state index in [1.807, 2.05) is 61.5 Å². The number of nitrogens with zero attached hydrogens (tertiary/aromatic N) is 2. The van der Waals surface area contributed by atoms with Gasteiger partial charge >= 0.3 is 6.18 Å². The molecule has 0 aromatic heterocycles. The van der Waals surface area contributed by atoms with E-state index in [9.17, 15) is 31.2 Å². The summed E-state index contributed by atoms with van der Waals surface area (Å²) in [6, 6.07) is 19.4. The maximum absolute atomic E-state index is 14.2. The predicted molar refractivity (Wildman–Crippen MR) is 164 cm³/mol. The van der Waals surface area contributed by atoms with Gasteiger partial charge in [-0.3, -0.25) is 13.9 Å². The van der Waals surface area contributed by atoms with Gasteiger partial charge in [-0.15, -0.1) is 0 Å². The summed E-state index contributed by atoms with van der Waals surface area (Å²) in [5, 5.41) is 3.12. The topological polar surface area (TPSA) is 86.8 Å². The van der Waals surface area contributed by atoms with Gasteiger partial charge in [-0.05, 0) is 49.1 Å². The minimum Gasteiger partial charge on any atom is -0.352 e. The van der Waals surface area contributed by atoms with Crippen molar-refractivity contribution in [2.75, 3.05) is 17.1 Å². The Labute approximate surface area is 257 Å². The molecule has 0 unspecified atom stereocenters. The van der Waals surface area contributed by atoms with E-state index in [0.29, 0.717) is 10.4 Å². The molecule has 3 aromatic rings. The molecule has 7 nitrogen and oxygen atoms in total. The normalized spacial score (nSPS) is 14.9. The summed E-state index contributed by atoms with van der Waals surface area (Å²) in [5.74, 6) is -1.07. The lowest BCUT2D eigenvalue weighted by Gasteiger charge is -2.35. The fraction of sp³-hybridized carbons (Fsp3) is 0.394. The van der Waals surface area contributed by atoms with Crippen LogP contribution in [0.4, 0.5) is 18.9 Å². The summed E-state index contributed by atoms with van der Waals surface area (Å²) in [5.41, 5.74) is 1.18. The van der Waals surface area contributed by atoms with Crippen molar-refractivity contribution in [1.29, 1.82) is 0 Å². The highest BCUT2D eigenvalue weighted by atomic mass is 32.2. The second-order valence-corrected chi connectivity index (χ2v) is 13.3. The number of carbonyl (C=O) groups is 2. The zero-order chi connectivity index (χ0) is 31.9. The molecule has 2 amide bonds. The number of hydrogen-bond acceptors (Lipinski definition) is 4. The van der Waals surface area contributed by atoms with Crippen LogP contribution in [0.15, 0.2) is 78.9 Å². The van der Waals surface area contributed by atoms with Crippen molar-refractivity contribution < 1.29 is 31.2 Å². The first-order valence-electron chi connectivity index (χ1n) is 14.7. The molecule has 0 heterocycles. The number of aryl methyl sites for hydroxylation is 1. The Balaban J connectivity index is 1.73. The third-order valence-electron chi connectivity index (χ3n) is 7.84. The van der Waals surface area contributed by atoms with E-state index in [0.717, 1.165) is 67.2 Å². The Hall–Kier alpha value is -3.86. The van der Waals surface area contributed by atoms with Crippen LogP contribution in [0.5, 0.6) is 0 Å². The second kappa shape index (κ2) is 14.3. The molecule has 0 spiro atoms. The van der Waals surface area contributed by atoms with Gasteiger partial charge in [-0.25, -0.2) is 8.42 Å². The fourth-order valence-corrected chi connectivity index (χ4v) is 6.28. The van der Waals surface area contributed by atoms with Crippen molar-refractivity contribution >= 4 is 27.5 Å². The van der Waals surface area contributed by atoms with E-state index >= 15 is 0 Å². The number of rotatable bonds is 11. The number of alkyl halides is 3. The van der Waals surface area contributed by atoms with Crippen LogP contribution in [0.3, 0.4) is 0 Å². The molecule has 0 aliphatic heterocycles. The molecular weight excluding hydrogens is 591 g/mol. The molecule has 1 N–H and O–H groups in total. The summed E-state index contributed by atoms with van der Waals surface area (Å²) in [6.45, 7) is 1.13. The summed E-state index contributed by atoms with van der Waals surface area (Å²) in [6.07, 6.45) is 1.01. The fourth-order valence-electron chi connectivity index (χ4n) is 5.44. The average Bonchev–Trinajstić information content (AvgIpc) is 2.98. The highest BCUT2D eigenvalue weighted by Crippen LogP contribution is 2.32. The number of halogens is 3. The molecule has 1 aliphatic rings. The zero-order valence-corrected chi connectivity index (χ0v) is 25.7. The van der Waals surface area contributed by atoms with Crippen molar-refractivity contribution in [3.8, 4) is 0 Å². The van der Waals surface area contributed by atoms with Gasteiger partial charge in [-0.2, -0.15) is 13.2 Å². The lowest BCUT2D eigenvalue weighted by Crippen LogP contribution is -2.55. The molecule has 0 radical (unpaired) electrons. The van der Waals surface area contributed by atoms with Gasteiger partial charge in [0.2, 0.25) is 21.8 Å². The maximum atomic E-state index is 14.2. The van der Waals surface area contributed by atoms with E-state index in [1.165, 1.54) is 11.0 Å². The molecule has 44 heavy (non-hydrogen) atoms. The van der Waals surface area contributed by atoms with Gasteiger partial charge in [0.1, 0.15) is 12.6 Å². The number of amides is 2. The highest BCUT2D eigenvalue weighted by Gasteiger charge is 2.35. The lowest BCUT2D eigenvalue weighted by atomic mass is 9.94. The Morgan fingerprint density at radius 2 is 1.57 bits per heavy atom. The summed E-state index contributed by atoms with van der Waals surface area (Å²) in [4.78, 5) is 29.5. The third kappa shape index (κ3) is 9.07. The Morgan fingerprint density at radius 1 is 0.909 bits per heavy atom. The van der Waals surface area contributed by atoms with Gasteiger partial charge in [0, 0.05) is 19.0 Å². The van der Waals surface area contributed by atoms with Gasteiger partial charge in [-0.1, -0.05) is 85.5 Å². The van der Waals surface area contributed by atoms with Crippen LogP contribution >= 0.6 is 0 Å². The van der Waals surface area contributed by atoms with Crippen molar-refractivity contribution in [2.45, 2.75) is 70.3 Å². The summed E-state index contributed by atoms with van der Waals surface area (Å²) < 4.78 is 66.9. The van der Waals surface area contributed by atoms with Crippen molar-refractivity contribution in [2.24, 2.45) is 0 Å². The summed E-state index contributed by atoms with van der Waals surface area (Å²) in [7, 11) is -4.20. The van der Waals surface area contributed by atoms with Crippen molar-refractivity contribution in [3.63, 3.8) is 0 Å². The van der Waals surface area contributed by atoms with Crippen LogP contribution < -0.4 is 9.62 Å². The second-order valence-electron chi connectivity index (χ2n) is 11.4. The number of benzene rings is 3. The lowest BCUT2D eigenvalue weighted by molar-refractivity contribution is -0.140. The number of carbonyl (C=O) groups excluding carboxylic acids is 2. The highest BCUT2D eigenvalue weighted by molar-refractivity contribution is 7.92. The monoisotopic (exact) mass is 629 g/mol. The van der Waals surface area contributed by atoms with Crippen LogP contribution in [-0.4, -0.2) is 50.0 Å². The number of nitrogens with one attached hydrogen (secondary N) is 1. The molecule has 11 heteroatoms. The minimum absolute atomic E-state index is 0.00507. The average molecular weight is 630 g/mol. The van der Waals surface area contributed by atoms with Gasteiger partial charge in [0.05, 0.1) is 17.5 Å². The van der Waals surface area contributed by atoms with E-state index in [-0.39, 0.29) is 30.6 Å². The molecule has 4 rings (SSSR count). The maximum Gasteiger partial charge on any atom is 0.416 e. The van der Waals surface area contributed by atoms with Gasteiger partial charge < -0.3 is 10.2 Å². The number of sulfonamides is 1. The largest absolute Gasteiger partial charge is 0.416 e. The number of anilines is 1. The predicted octanol–water partition coefficient (Wildman–Crippen LogP) is 5.87. The number of hydrogen-bond donors (Lipinski definition) is 1. The molecule has 1 fully saturated rings. The van der Waals surface area contributed by atoms with E-state index in [1.54, 1.807) is 0 Å². The molecule has 1 aliphatic carbocycles. The van der Waals surface area contributed by atoms with Crippen molar-refractivity contribution in [1.82, 2.24) is 10.2 Å². The third-order valence-corrected chi connectivity index (χ3v) is 8.98. The van der Waals surface area contributed by atoms with Gasteiger partial charge in [0.15, 0.2) is 0 Å². The van der Waals surface area contributed by atoms with E-state index < -0.39 is 40.3 Å². The van der Waals surface area contributed by atoms with Crippen molar-refractivity contribution in [3.05, 3.63) is 101 Å². The van der Waals surface area contributed by atoms with Crippen LogP contribution in [-0.2, 0) is 38.8 Å². The Kier molecular flexibility index (Phi) is 10.7. The van der Waals surface area contributed by atoms with Crippen LogP contribution in [0.1, 0.15) is 54.4 Å². The molecule has 0 saturated heterocycles. The first kappa shape index (κ1) is 33.0. The quantitative estimate of drug-likeness (QED) is 0.288. The zero-order valence-electron chi connectivity index (χ0n) is 24.9. The molecule has 0 bridgehead atoms. The molecule has 1 atom stereocenters. The molecular formula is C33H38F3N3O4S. The van der Waals surface area contributed by atoms with E-state index in [4.69, 9.17) is 0 Å². The van der Waals surface area contributed by atoms with Crippen LogP contribution in [0.2, 0.25) is 0 Å². The standard InChI is InChI=1S/C33H38F3N3O4S/c1-24-16-18-26(19-17-24)22-38(30(20-25-10-5-3-6-11-25)32(41)37-28-13-7-4-8-14-28)31(40)23-39(44(2,42)43)29-15-9-12-27(21-29)33(34,35)36/h3,5-6,9-12,15-19,21,28,30H,4,7-8,13-14,20,22-23H2,1-2H3,(H,37,41)/t30-/m1/s1. The molecule has 236 valence electrons. The van der Waals surface area contributed by atoms with Crippen LogP contribution in [0.25, 0.3) is 0 Å². The van der Waals surface area contributed by atoms with Crippen LogP contribution in [0, 0.1) is 6.92 Å². The van der Waals surface area contributed by atoms with Gasteiger partial charge in [0.25, 0.3) is 0 Å². The minimum atomic E-state index is -4.71.